The minimum absolute atomic E-state index is 0.0372. The van der Waals surface area contributed by atoms with Crippen molar-refractivity contribution in [3.05, 3.63) is 24.0 Å². The maximum absolute atomic E-state index is 5.90. The zero-order chi connectivity index (χ0) is 14.5. The van der Waals surface area contributed by atoms with Gasteiger partial charge < -0.3 is 15.0 Å². The Bertz CT molecular complexity index is 646. The van der Waals surface area contributed by atoms with Gasteiger partial charge >= 0.3 is 0 Å². The second-order valence-electron chi connectivity index (χ2n) is 6.33. The summed E-state index contributed by atoms with van der Waals surface area (Å²) in [6.07, 6.45) is 1.21. The van der Waals surface area contributed by atoms with Crippen LogP contribution in [0, 0.1) is 0 Å². The fourth-order valence-corrected chi connectivity index (χ4v) is 3.16. The number of nitrogens with two attached hydrogens (primary N) is 1. The predicted molar refractivity (Wildman–Crippen MR) is 81.9 cm³/mol. The molecule has 0 saturated carbocycles. The molecule has 3 rings (SSSR count). The number of benzene rings is 1. The molecule has 4 heteroatoms. The zero-order valence-corrected chi connectivity index (χ0v) is 12.7. The van der Waals surface area contributed by atoms with E-state index in [2.05, 4.69) is 38.3 Å². The smallest absolute Gasteiger partial charge is 0.113 e. The van der Waals surface area contributed by atoms with Gasteiger partial charge in [0.2, 0.25) is 0 Å². The van der Waals surface area contributed by atoms with Crippen LogP contribution >= 0.6 is 0 Å². The molecule has 1 aromatic heterocycles. The minimum Gasteiger partial charge on any atom is -0.399 e. The molecule has 0 spiro atoms. The first kappa shape index (κ1) is 13.4. The van der Waals surface area contributed by atoms with Crippen LogP contribution in [0.3, 0.4) is 0 Å². The van der Waals surface area contributed by atoms with Gasteiger partial charge in [0.05, 0.1) is 22.7 Å². The Morgan fingerprint density at radius 2 is 2.20 bits per heavy atom. The molecule has 108 valence electrons. The third-order valence-corrected chi connectivity index (χ3v) is 4.58. The predicted octanol–water partition coefficient (Wildman–Crippen LogP) is 3.27. The van der Waals surface area contributed by atoms with Gasteiger partial charge in [-0.1, -0.05) is 13.8 Å². The van der Waals surface area contributed by atoms with Crippen LogP contribution < -0.4 is 5.73 Å². The first-order valence-corrected chi connectivity index (χ1v) is 7.33. The van der Waals surface area contributed by atoms with Crippen molar-refractivity contribution in [2.45, 2.75) is 51.7 Å². The van der Waals surface area contributed by atoms with Crippen LogP contribution in [0.1, 0.15) is 45.9 Å². The number of fused-ring (bicyclic) bond motifs is 1. The highest BCUT2D eigenvalue weighted by Gasteiger charge is 2.41. The van der Waals surface area contributed by atoms with Crippen LogP contribution in [0.4, 0.5) is 5.69 Å². The molecule has 2 aromatic rings. The molecular formula is C16H23N3O. The van der Waals surface area contributed by atoms with E-state index < -0.39 is 0 Å². The van der Waals surface area contributed by atoms with E-state index in [0.29, 0.717) is 5.92 Å². The van der Waals surface area contributed by atoms with Crippen LogP contribution in [-0.2, 0) is 10.3 Å². The Hall–Kier alpha value is -1.55. The number of nitrogen functional groups attached to an aromatic ring is 1. The summed E-state index contributed by atoms with van der Waals surface area (Å²) < 4.78 is 8.21. The number of imidazole rings is 1. The van der Waals surface area contributed by atoms with Crippen LogP contribution in [0.5, 0.6) is 0 Å². The molecule has 1 aliphatic heterocycles. The first-order chi connectivity index (χ1) is 9.43. The van der Waals surface area contributed by atoms with Gasteiger partial charge in [-0.05, 0) is 38.5 Å². The molecule has 2 atom stereocenters. The standard InChI is InChI=1S/C16H23N3O/c1-10(2)15-18-13-9-12(17)5-6-14(13)19(15)16(4)7-8-20-11(16)3/h5-6,9-11H,7-8,17H2,1-4H3. The van der Waals surface area contributed by atoms with E-state index in [1.807, 2.05) is 12.1 Å². The number of ether oxygens (including phenoxy) is 1. The second kappa shape index (κ2) is 4.48. The molecule has 0 bridgehead atoms. The molecule has 1 saturated heterocycles. The third kappa shape index (κ3) is 1.82. The SMILES string of the molecule is CC(C)c1nc2cc(N)ccc2n1C1(C)CCOC1C. The molecule has 0 amide bonds. The van der Waals surface area contributed by atoms with Crippen molar-refractivity contribution in [3.63, 3.8) is 0 Å². The van der Waals surface area contributed by atoms with Gasteiger partial charge in [0.25, 0.3) is 0 Å². The van der Waals surface area contributed by atoms with Crippen molar-refractivity contribution in [1.29, 1.82) is 0 Å². The number of aromatic nitrogens is 2. The Kier molecular flexibility index (Phi) is 3.01. The van der Waals surface area contributed by atoms with Crippen molar-refractivity contribution in [3.8, 4) is 0 Å². The Morgan fingerprint density at radius 3 is 2.80 bits per heavy atom. The normalized spacial score (nSPS) is 26.8. The van der Waals surface area contributed by atoms with Crippen molar-refractivity contribution in [1.82, 2.24) is 9.55 Å². The van der Waals surface area contributed by atoms with E-state index in [9.17, 15) is 0 Å². The fourth-order valence-electron chi connectivity index (χ4n) is 3.16. The Balaban J connectivity index is 2.29. The quantitative estimate of drug-likeness (QED) is 0.854. The summed E-state index contributed by atoms with van der Waals surface area (Å²) >= 11 is 0. The summed E-state index contributed by atoms with van der Waals surface area (Å²) in [4.78, 5) is 4.82. The number of anilines is 1. The molecule has 1 aliphatic rings. The molecule has 2 N–H and O–H groups in total. The molecule has 20 heavy (non-hydrogen) atoms. The third-order valence-electron chi connectivity index (χ3n) is 4.58. The van der Waals surface area contributed by atoms with E-state index in [1.54, 1.807) is 0 Å². The average Bonchev–Trinajstić information content (AvgIpc) is 2.91. The summed E-state index contributed by atoms with van der Waals surface area (Å²) in [6, 6.07) is 6.00. The lowest BCUT2D eigenvalue weighted by atomic mass is 9.93. The van der Waals surface area contributed by atoms with Crippen molar-refractivity contribution in [2.24, 2.45) is 0 Å². The molecule has 2 unspecified atom stereocenters. The summed E-state index contributed by atoms with van der Waals surface area (Å²) in [5, 5.41) is 0. The zero-order valence-electron chi connectivity index (χ0n) is 12.7. The minimum atomic E-state index is -0.0372. The van der Waals surface area contributed by atoms with E-state index in [0.717, 1.165) is 35.6 Å². The fraction of sp³-hybridized carbons (Fsp3) is 0.562. The molecular weight excluding hydrogens is 250 g/mol. The van der Waals surface area contributed by atoms with Crippen molar-refractivity contribution < 1.29 is 4.74 Å². The molecule has 0 radical (unpaired) electrons. The Morgan fingerprint density at radius 1 is 1.45 bits per heavy atom. The molecule has 0 aliphatic carbocycles. The molecule has 2 heterocycles. The molecule has 4 nitrogen and oxygen atoms in total. The van der Waals surface area contributed by atoms with E-state index >= 15 is 0 Å². The van der Waals surface area contributed by atoms with Gasteiger partial charge in [-0.2, -0.15) is 0 Å². The summed E-state index contributed by atoms with van der Waals surface area (Å²) in [6.45, 7) is 9.61. The highest BCUT2D eigenvalue weighted by molar-refractivity contribution is 5.80. The van der Waals surface area contributed by atoms with Gasteiger partial charge in [0, 0.05) is 18.2 Å². The lowest BCUT2D eigenvalue weighted by Gasteiger charge is -2.32. The van der Waals surface area contributed by atoms with Crippen LogP contribution in [-0.4, -0.2) is 22.3 Å². The largest absolute Gasteiger partial charge is 0.399 e. The van der Waals surface area contributed by atoms with E-state index in [-0.39, 0.29) is 11.6 Å². The van der Waals surface area contributed by atoms with Crippen LogP contribution in [0.2, 0.25) is 0 Å². The molecule has 1 aromatic carbocycles. The van der Waals surface area contributed by atoms with Crippen molar-refractivity contribution >= 4 is 16.7 Å². The van der Waals surface area contributed by atoms with E-state index in [4.69, 9.17) is 15.5 Å². The lowest BCUT2D eigenvalue weighted by molar-refractivity contribution is 0.0761. The molecule has 1 fully saturated rings. The van der Waals surface area contributed by atoms with Gasteiger partial charge in [-0.25, -0.2) is 4.98 Å². The summed E-state index contributed by atoms with van der Waals surface area (Å²) in [5.74, 6) is 1.48. The first-order valence-electron chi connectivity index (χ1n) is 7.33. The van der Waals surface area contributed by atoms with Crippen LogP contribution in [0.25, 0.3) is 11.0 Å². The topological polar surface area (TPSA) is 53.1 Å². The number of hydrogen-bond donors (Lipinski definition) is 1. The van der Waals surface area contributed by atoms with Gasteiger partial charge in [0.1, 0.15) is 5.82 Å². The van der Waals surface area contributed by atoms with Crippen LogP contribution in [0.15, 0.2) is 18.2 Å². The highest BCUT2D eigenvalue weighted by atomic mass is 16.5. The summed E-state index contributed by atoms with van der Waals surface area (Å²) in [7, 11) is 0. The maximum atomic E-state index is 5.90. The number of nitrogens with zero attached hydrogens (tertiary/aromatic N) is 2. The highest BCUT2D eigenvalue weighted by Crippen LogP contribution is 2.38. The maximum Gasteiger partial charge on any atom is 0.113 e. The average molecular weight is 273 g/mol. The van der Waals surface area contributed by atoms with Gasteiger partial charge in [0.15, 0.2) is 0 Å². The Labute approximate surface area is 119 Å². The second-order valence-corrected chi connectivity index (χ2v) is 6.33. The monoisotopic (exact) mass is 273 g/mol. The lowest BCUT2D eigenvalue weighted by Crippen LogP contribution is -2.38. The van der Waals surface area contributed by atoms with Gasteiger partial charge in [-0.15, -0.1) is 0 Å². The van der Waals surface area contributed by atoms with Crippen molar-refractivity contribution in [2.75, 3.05) is 12.3 Å². The van der Waals surface area contributed by atoms with E-state index in [1.165, 1.54) is 0 Å². The number of rotatable bonds is 2. The number of hydrogen-bond acceptors (Lipinski definition) is 3. The van der Waals surface area contributed by atoms with Gasteiger partial charge in [-0.3, -0.25) is 0 Å². The summed E-state index contributed by atoms with van der Waals surface area (Å²) in [5.41, 5.74) is 8.76.